The lowest BCUT2D eigenvalue weighted by atomic mass is 9.77. The molecule has 2 atom stereocenters. The smallest absolute Gasteiger partial charge is 0.0410 e. The Bertz CT molecular complexity index is 422. The summed E-state index contributed by atoms with van der Waals surface area (Å²) in [7, 11) is 0. The molecule has 1 aromatic rings. The minimum atomic E-state index is 0.492. The standard InChI is InChI=1S/C15H21BrN2/c1-2-17-10-15(6-12-4-13(12)7-15)5-11-3-14(16)9-18-8-11/h3,8-9,12-13,17H,2,4-7,10H2,1H3. The molecule has 2 saturated carbocycles. The van der Waals surface area contributed by atoms with Gasteiger partial charge in [0.25, 0.3) is 0 Å². The maximum atomic E-state index is 4.30. The van der Waals surface area contributed by atoms with Crippen molar-refractivity contribution in [2.24, 2.45) is 17.3 Å². The van der Waals surface area contributed by atoms with Crippen LogP contribution in [-0.4, -0.2) is 18.1 Å². The zero-order chi connectivity index (χ0) is 12.6. The van der Waals surface area contributed by atoms with Crippen molar-refractivity contribution in [1.82, 2.24) is 10.3 Å². The Morgan fingerprint density at radius 1 is 1.39 bits per heavy atom. The summed E-state index contributed by atoms with van der Waals surface area (Å²) in [6, 6.07) is 2.23. The van der Waals surface area contributed by atoms with Crippen LogP contribution in [0.1, 0.15) is 31.7 Å². The molecule has 3 rings (SSSR count). The minimum Gasteiger partial charge on any atom is -0.316 e. The molecule has 0 aromatic carbocycles. The lowest BCUT2D eigenvalue weighted by molar-refractivity contribution is 0.250. The van der Waals surface area contributed by atoms with Gasteiger partial charge in [0.05, 0.1) is 0 Å². The van der Waals surface area contributed by atoms with Crippen LogP contribution in [0.15, 0.2) is 22.9 Å². The van der Waals surface area contributed by atoms with E-state index in [-0.39, 0.29) is 0 Å². The van der Waals surface area contributed by atoms with Crippen LogP contribution in [-0.2, 0) is 6.42 Å². The number of nitrogens with one attached hydrogen (secondary N) is 1. The van der Waals surface area contributed by atoms with Gasteiger partial charge in [0.2, 0.25) is 0 Å². The molecule has 1 aromatic heterocycles. The molecule has 0 spiro atoms. The fraction of sp³-hybridized carbons (Fsp3) is 0.667. The van der Waals surface area contributed by atoms with Crippen LogP contribution >= 0.6 is 15.9 Å². The number of nitrogens with zero attached hydrogens (tertiary/aromatic N) is 1. The Labute approximate surface area is 118 Å². The van der Waals surface area contributed by atoms with Gasteiger partial charge in [-0.2, -0.15) is 0 Å². The molecule has 0 saturated heterocycles. The molecular weight excluding hydrogens is 288 g/mol. The van der Waals surface area contributed by atoms with E-state index in [4.69, 9.17) is 0 Å². The largest absolute Gasteiger partial charge is 0.316 e. The highest BCUT2D eigenvalue weighted by Crippen LogP contribution is 2.60. The zero-order valence-electron chi connectivity index (χ0n) is 11.0. The Morgan fingerprint density at radius 2 is 2.17 bits per heavy atom. The molecule has 2 fully saturated rings. The van der Waals surface area contributed by atoms with Crippen LogP contribution in [0.4, 0.5) is 0 Å². The molecule has 0 aliphatic heterocycles. The molecule has 2 nitrogen and oxygen atoms in total. The van der Waals surface area contributed by atoms with Gasteiger partial charge in [0.15, 0.2) is 0 Å². The normalized spacial score (nSPS) is 33.4. The average molecular weight is 309 g/mol. The number of halogens is 1. The molecule has 0 amide bonds. The number of pyridine rings is 1. The Hall–Kier alpha value is -0.410. The molecule has 18 heavy (non-hydrogen) atoms. The fourth-order valence-corrected chi connectivity index (χ4v) is 4.15. The third-order valence-electron chi connectivity index (χ3n) is 4.55. The van der Waals surface area contributed by atoms with Gasteiger partial charge in [-0.3, -0.25) is 4.98 Å². The summed E-state index contributed by atoms with van der Waals surface area (Å²) in [4.78, 5) is 4.30. The Morgan fingerprint density at radius 3 is 2.83 bits per heavy atom. The van der Waals surface area contributed by atoms with Crippen LogP contribution in [0.5, 0.6) is 0 Å². The monoisotopic (exact) mass is 308 g/mol. The topological polar surface area (TPSA) is 24.9 Å². The van der Waals surface area contributed by atoms with Crippen LogP contribution in [0, 0.1) is 17.3 Å². The first-order valence-corrected chi connectivity index (χ1v) is 7.80. The van der Waals surface area contributed by atoms with E-state index >= 15 is 0 Å². The summed E-state index contributed by atoms with van der Waals surface area (Å²) >= 11 is 3.52. The average Bonchev–Trinajstić information content (AvgIpc) is 2.95. The van der Waals surface area contributed by atoms with E-state index in [9.17, 15) is 0 Å². The molecule has 98 valence electrons. The lowest BCUT2D eigenvalue weighted by Gasteiger charge is -2.31. The van der Waals surface area contributed by atoms with Crippen molar-refractivity contribution >= 4 is 15.9 Å². The number of fused-ring (bicyclic) bond motifs is 1. The Kier molecular flexibility index (Phi) is 3.46. The van der Waals surface area contributed by atoms with Gasteiger partial charge in [-0.25, -0.2) is 0 Å². The minimum absolute atomic E-state index is 0.492. The lowest BCUT2D eigenvalue weighted by Crippen LogP contribution is -2.35. The zero-order valence-corrected chi connectivity index (χ0v) is 12.5. The second kappa shape index (κ2) is 4.93. The van der Waals surface area contributed by atoms with E-state index in [1.165, 1.54) is 37.8 Å². The number of aromatic nitrogens is 1. The molecule has 2 unspecified atom stereocenters. The highest BCUT2D eigenvalue weighted by Gasteiger charge is 2.53. The fourth-order valence-electron chi connectivity index (χ4n) is 3.73. The van der Waals surface area contributed by atoms with Crippen molar-refractivity contribution in [2.45, 2.75) is 32.6 Å². The molecule has 2 aliphatic rings. The van der Waals surface area contributed by atoms with Crippen molar-refractivity contribution in [3.8, 4) is 0 Å². The first-order chi connectivity index (χ1) is 8.71. The van der Waals surface area contributed by atoms with Gasteiger partial charge in [0.1, 0.15) is 0 Å². The van der Waals surface area contributed by atoms with Crippen molar-refractivity contribution in [3.63, 3.8) is 0 Å². The van der Waals surface area contributed by atoms with E-state index < -0.39 is 0 Å². The second-order valence-electron chi connectivity index (χ2n) is 6.13. The maximum absolute atomic E-state index is 4.30. The summed E-state index contributed by atoms with van der Waals surface area (Å²) in [6.07, 6.45) is 9.40. The first kappa shape index (κ1) is 12.6. The van der Waals surface area contributed by atoms with E-state index in [2.05, 4.69) is 39.2 Å². The van der Waals surface area contributed by atoms with Gasteiger partial charge in [-0.05, 0) is 77.0 Å². The van der Waals surface area contributed by atoms with E-state index in [0.29, 0.717) is 5.41 Å². The second-order valence-corrected chi connectivity index (χ2v) is 7.05. The number of rotatable bonds is 5. The van der Waals surface area contributed by atoms with Crippen molar-refractivity contribution in [1.29, 1.82) is 0 Å². The molecule has 3 heteroatoms. The van der Waals surface area contributed by atoms with Gasteiger partial charge in [0, 0.05) is 23.4 Å². The third-order valence-corrected chi connectivity index (χ3v) is 4.98. The van der Waals surface area contributed by atoms with Crippen LogP contribution in [0.25, 0.3) is 0 Å². The Balaban J connectivity index is 1.73. The number of hydrogen-bond acceptors (Lipinski definition) is 2. The predicted octanol–water partition coefficient (Wildman–Crippen LogP) is 3.41. The van der Waals surface area contributed by atoms with Crippen molar-refractivity contribution in [3.05, 3.63) is 28.5 Å². The SMILES string of the molecule is CCNCC1(Cc2cncc(Br)c2)CC2CC2C1. The summed E-state index contributed by atoms with van der Waals surface area (Å²) in [5.41, 5.74) is 1.87. The summed E-state index contributed by atoms with van der Waals surface area (Å²) < 4.78 is 1.10. The molecule has 2 aliphatic carbocycles. The van der Waals surface area contributed by atoms with Crippen molar-refractivity contribution in [2.75, 3.05) is 13.1 Å². The van der Waals surface area contributed by atoms with Crippen LogP contribution in [0.2, 0.25) is 0 Å². The summed E-state index contributed by atoms with van der Waals surface area (Å²) in [5, 5.41) is 3.57. The number of hydrogen-bond donors (Lipinski definition) is 1. The summed E-state index contributed by atoms with van der Waals surface area (Å²) in [5.74, 6) is 2.06. The molecule has 1 N–H and O–H groups in total. The molecule has 0 radical (unpaired) electrons. The van der Waals surface area contributed by atoms with E-state index in [1.54, 1.807) is 0 Å². The van der Waals surface area contributed by atoms with Gasteiger partial charge < -0.3 is 5.32 Å². The van der Waals surface area contributed by atoms with Gasteiger partial charge in [-0.1, -0.05) is 6.92 Å². The van der Waals surface area contributed by atoms with Crippen LogP contribution in [0.3, 0.4) is 0 Å². The van der Waals surface area contributed by atoms with E-state index in [1.807, 2.05) is 12.4 Å². The van der Waals surface area contributed by atoms with Crippen molar-refractivity contribution < 1.29 is 0 Å². The highest BCUT2D eigenvalue weighted by atomic mass is 79.9. The van der Waals surface area contributed by atoms with Gasteiger partial charge in [-0.15, -0.1) is 0 Å². The highest BCUT2D eigenvalue weighted by molar-refractivity contribution is 9.10. The molecule has 0 bridgehead atoms. The maximum Gasteiger partial charge on any atom is 0.0410 e. The quantitative estimate of drug-likeness (QED) is 0.901. The van der Waals surface area contributed by atoms with Gasteiger partial charge >= 0.3 is 0 Å². The predicted molar refractivity (Wildman–Crippen MR) is 77.4 cm³/mol. The van der Waals surface area contributed by atoms with E-state index in [0.717, 1.165) is 22.9 Å². The first-order valence-electron chi connectivity index (χ1n) is 7.01. The summed E-state index contributed by atoms with van der Waals surface area (Å²) in [6.45, 7) is 4.45. The molecule has 1 heterocycles. The third kappa shape index (κ3) is 2.62. The van der Waals surface area contributed by atoms with Crippen LogP contribution < -0.4 is 5.32 Å². The molecular formula is C15H21BrN2.